The molecule has 0 saturated carbocycles. The Morgan fingerprint density at radius 3 is 2.31 bits per heavy atom. The summed E-state index contributed by atoms with van der Waals surface area (Å²) >= 11 is 3.92. The summed E-state index contributed by atoms with van der Waals surface area (Å²) in [7, 11) is -4.41. The van der Waals surface area contributed by atoms with Crippen LogP contribution in [0, 0.1) is 0 Å². The number of benzene rings is 1. The summed E-state index contributed by atoms with van der Waals surface area (Å²) in [5.74, 6) is 0. The predicted octanol–water partition coefficient (Wildman–Crippen LogP) is -2.53. The first-order chi connectivity index (χ1) is 5.41. The number of thiol groups is 1. The quantitative estimate of drug-likeness (QED) is 0.240. The molecule has 0 unspecified atom stereocenters. The molecule has 0 amide bonds. The van der Waals surface area contributed by atoms with E-state index in [1.807, 2.05) is 0 Å². The monoisotopic (exact) mass is 227 g/mol. The fourth-order valence-corrected chi connectivity index (χ4v) is 1.33. The van der Waals surface area contributed by atoms with Crippen LogP contribution in [0.3, 0.4) is 0 Å². The molecule has 0 fully saturated rings. The van der Waals surface area contributed by atoms with Crippen molar-refractivity contribution in [1.82, 2.24) is 0 Å². The van der Waals surface area contributed by atoms with Crippen LogP contribution in [0.2, 0.25) is 0 Å². The molecule has 0 spiro atoms. The van der Waals surface area contributed by atoms with E-state index in [-0.39, 0.29) is 40.1 Å². The topological polar surface area (TPSA) is 83.2 Å². The zero-order valence-corrected chi connectivity index (χ0v) is 10.6. The average molecular weight is 227 g/mol. The molecule has 4 nitrogen and oxygen atoms in total. The van der Waals surface area contributed by atoms with Gasteiger partial charge in [0.05, 0.1) is 4.90 Å². The summed E-state index contributed by atoms with van der Waals surface area (Å²) in [6, 6.07) is 3.62. The van der Waals surface area contributed by atoms with Crippen LogP contribution in [0.4, 0.5) is 5.69 Å². The first-order valence-electron chi connectivity index (χ1n) is 2.95. The molecule has 1 aromatic rings. The minimum Gasteiger partial charge on any atom is -0.744 e. The average Bonchev–Trinajstić information content (AvgIpc) is 1.92. The van der Waals surface area contributed by atoms with E-state index in [0.29, 0.717) is 4.90 Å². The van der Waals surface area contributed by atoms with Gasteiger partial charge in [0.2, 0.25) is 0 Å². The molecule has 0 heterocycles. The Balaban J connectivity index is 0.00000144. The number of nitrogens with two attached hydrogens (primary N) is 1. The Morgan fingerprint density at radius 2 is 1.92 bits per heavy atom. The third-order valence-electron chi connectivity index (χ3n) is 1.29. The van der Waals surface area contributed by atoms with Crippen LogP contribution in [0.15, 0.2) is 28.0 Å². The SMILES string of the molecule is Nc1cc(S(=O)(=O)[O-])ccc1S.[Na+]. The van der Waals surface area contributed by atoms with Gasteiger partial charge in [0.15, 0.2) is 0 Å². The molecule has 0 atom stereocenters. The van der Waals surface area contributed by atoms with E-state index in [1.54, 1.807) is 0 Å². The number of nitrogen functional groups attached to an aromatic ring is 1. The molecule has 0 bridgehead atoms. The third-order valence-corrected chi connectivity index (χ3v) is 2.53. The van der Waals surface area contributed by atoms with Gasteiger partial charge in [0.1, 0.15) is 10.1 Å². The molecule has 13 heavy (non-hydrogen) atoms. The maximum atomic E-state index is 10.5. The molecule has 1 rings (SSSR count). The van der Waals surface area contributed by atoms with Crippen molar-refractivity contribution >= 4 is 28.4 Å². The number of hydrogen-bond acceptors (Lipinski definition) is 5. The molecule has 0 aliphatic rings. The van der Waals surface area contributed by atoms with Gasteiger partial charge in [-0.05, 0) is 18.2 Å². The van der Waals surface area contributed by atoms with Crippen LogP contribution in [0.1, 0.15) is 0 Å². The zero-order chi connectivity index (χ0) is 9.35. The summed E-state index contributed by atoms with van der Waals surface area (Å²) in [5.41, 5.74) is 5.51. The van der Waals surface area contributed by atoms with E-state index in [0.717, 1.165) is 6.07 Å². The van der Waals surface area contributed by atoms with Gasteiger partial charge in [-0.1, -0.05) is 0 Å². The second kappa shape index (κ2) is 4.68. The van der Waals surface area contributed by atoms with E-state index < -0.39 is 10.1 Å². The molecule has 7 heteroatoms. The molecule has 0 radical (unpaired) electrons. The number of anilines is 1. The van der Waals surface area contributed by atoms with Crippen molar-refractivity contribution in [1.29, 1.82) is 0 Å². The second-order valence-corrected chi connectivity index (χ2v) is 4.04. The van der Waals surface area contributed by atoms with Crippen molar-refractivity contribution in [3.05, 3.63) is 18.2 Å². The van der Waals surface area contributed by atoms with Gasteiger partial charge in [-0.3, -0.25) is 0 Å². The fourth-order valence-electron chi connectivity index (χ4n) is 0.688. The number of hydrogen-bond donors (Lipinski definition) is 2. The van der Waals surface area contributed by atoms with Crippen molar-refractivity contribution in [3.63, 3.8) is 0 Å². The molecule has 0 saturated heterocycles. The van der Waals surface area contributed by atoms with E-state index in [9.17, 15) is 13.0 Å². The smallest absolute Gasteiger partial charge is 0.744 e. The van der Waals surface area contributed by atoms with Gasteiger partial charge >= 0.3 is 29.6 Å². The Hall–Kier alpha value is 0.280. The molecule has 2 N–H and O–H groups in total. The Morgan fingerprint density at radius 1 is 1.38 bits per heavy atom. The number of rotatable bonds is 1. The van der Waals surface area contributed by atoms with E-state index in [2.05, 4.69) is 12.6 Å². The molecule has 0 aromatic heterocycles. The minimum absolute atomic E-state index is 0. The van der Waals surface area contributed by atoms with Crippen molar-refractivity contribution in [3.8, 4) is 0 Å². The Bertz CT molecular complexity index is 404. The maximum absolute atomic E-state index is 10.5. The van der Waals surface area contributed by atoms with Crippen molar-refractivity contribution in [2.45, 2.75) is 9.79 Å². The van der Waals surface area contributed by atoms with Crippen molar-refractivity contribution < 1.29 is 42.5 Å². The van der Waals surface area contributed by atoms with Crippen LogP contribution in [-0.2, 0) is 10.1 Å². The second-order valence-electron chi connectivity index (χ2n) is 2.17. The van der Waals surface area contributed by atoms with Crippen LogP contribution in [0.25, 0.3) is 0 Å². The van der Waals surface area contributed by atoms with Crippen LogP contribution >= 0.6 is 12.6 Å². The molecule has 66 valence electrons. The van der Waals surface area contributed by atoms with Gasteiger partial charge in [-0.25, -0.2) is 8.42 Å². The molecule has 0 aliphatic heterocycles. The molecular weight excluding hydrogens is 221 g/mol. The fraction of sp³-hybridized carbons (Fsp3) is 0. The summed E-state index contributed by atoms with van der Waals surface area (Å²) < 4.78 is 31.4. The molecule has 0 aliphatic carbocycles. The third kappa shape index (κ3) is 3.49. The maximum Gasteiger partial charge on any atom is 1.00 e. The zero-order valence-electron chi connectivity index (χ0n) is 6.89. The normalized spacial score (nSPS) is 10.6. The summed E-state index contributed by atoms with van der Waals surface area (Å²) in [6.45, 7) is 0. The van der Waals surface area contributed by atoms with Gasteiger partial charge < -0.3 is 10.3 Å². The standard InChI is InChI=1S/C6H7NO3S2.Na/c7-5-3-4(12(8,9)10)1-2-6(5)11;/h1-3,11H,7H2,(H,8,9,10);/q;+1/p-1. The largest absolute Gasteiger partial charge is 1.00 e. The summed E-state index contributed by atoms with van der Waals surface area (Å²) in [6.07, 6.45) is 0. The summed E-state index contributed by atoms with van der Waals surface area (Å²) in [4.78, 5) is 0.111. The minimum atomic E-state index is -4.41. The first-order valence-corrected chi connectivity index (χ1v) is 4.81. The van der Waals surface area contributed by atoms with Gasteiger partial charge in [0.25, 0.3) is 0 Å². The Kier molecular flexibility index (Phi) is 4.78. The van der Waals surface area contributed by atoms with Crippen LogP contribution < -0.4 is 35.3 Å². The van der Waals surface area contributed by atoms with Crippen molar-refractivity contribution in [2.24, 2.45) is 0 Å². The van der Waals surface area contributed by atoms with Gasteiger partial charge in [-0.2, -0.15) is 0 Å². The van der Waals surface area contributed by atoms with Crippen molar-refractivity contribution in [2.75, 3.05) is 5.73 Å². The first kappa shape index (κ1) is 13.3. The van der Waals surface area contributed by atoms with Gasteiger partial charge in [0, 0.05) is 10.6 Å². The van der Waals surface area contributed by atoms with Crippen LogP contribution in [0.5, 0.6) is 0 Å². The van der Waals surface area contributed by atoms with E-state index in [4.69, 9.17) is 5.73 Å². The molecule has 1 aromatic carbocycles. The van der Waals surface area contributed by atoms with E-state index in [1.165, 1.54) is 12.1 Å². The Labute approximate surface area is 104 Å². The van der Waals surface area contributed by atoms with E-state index >= 15 is 0 Å². The van der Waals surface area contributed by atoms with Gasteiger partial charge in [-0.15, -0.1) is 12.6 Å². The summed E-state index contributed by atoms with van der Waals surface area (Å²) in [5, 5.41) is 0. The van der Waals surface area contributed by atoms with Crippen LogP contribution in [-0.4, -0.2) is 13.0 Å². The predicted molar refractivity (Wildman–Crippen MR) is 46.1 cm³/mol. The molecular formula is C6H6NNaO3S2.